The SMILES string of the molecule is O=C([C@@H]1CCCO1)N(CC1OCCO1)C[C@H]1CC=CCC1. The third-order valence-corrected chi connectivity index (χ3v) is 4.43. The van der Waals surface area contributed by atoms with E-state index in [1.54, 1.807) is 0 Å². The van der Waals surface area contributed by atoms with Crippen LogP contribution in [0, 0.1) is 5.92 Å². The summed E-state index contributed by atoms with van der Waals surface area (Å²) in [5.41, 5.74) is 0. The first kappa shape index (κ1) is 15.0. The minimum Gasteiger partial charge on any atom is -0.368 e. The predicted octanol–water partition coefficient (Wildman–Crippen LogP) is 1.72. The third kappa shape index (κ3) is 4.05. The lowest BCUT2D eigenvalue weighted by molar-refractivity contribution is -0.147. The maximum Gasteiger partial charge on any atom is 0.251 e. The van der Waals surface area contributed by atoms with Gasteiger partial charge in [0.1, 0.15) is 6.10 Å². The molecule has 0 radical (unpaired) electrons. The summed E-state index contributed by atoms with van der Waals surface area (Å²) in [6.07, 6.45) is 9.07. The summed E-state index contributed by atoms with van der Waals surface area (Å²) >= 11 is 0. The largest absolute Gasteiger partial charge is 0.368 e. The zero-order valence-corrected chi connectivity index (χ0v) is 12.5. The van der Waals surface area contributed by atoms with Gasteiger partial charge in [-0.05, 0) is 38.0 Å². The molecule has 2 fully saturated rings. The van der Waals surface area contributed by atoms with E-state index in [0.29, 0.717) is 32.3 Å². The van der Waals surface area contributed by atoms with Gasteiger partial charge in [-0.2, -0.15) is 0 Å². The number of carbonyl (C=O) groups excluding carboxylic acids is 1. The second-order valence-electron chi connectivity index (χ2n) is 6.07. The van der Waals surface area contributed by atoms with Gasteiger partial charge in [-0.1, -0.05) is 12.2 Å². The second kappa shape index (κ2) is 7.38. The molecule has 3 rings (SSSR count). The molecule has 5 heteroatoms. The van der Waals surface area contributed by atoms with Crippen molar-refractivity contribution in [2.24, 2.45) is 5.92 Å². The van der Waals surface area contributed by atoms with Crippen LogP contribution in [0.5, 0.6) is 0 Å². The number of hydrogen-bond acceptors (Lipinski definition) is 4. The molecule has 3 aliphatic rings. The fourth-order valence-electron chi connectivity index (χ4n) is 3.26. The molecule has 21 heavy (non-hydrogen) atoms. The number of allylic oxidation sites excluding steroid dienone is 2. The van der Waals surface area contributed by atoms with Gasteiger partial charge in [0.15, 0.2) is 6.29 Å². The van der Waals surface area contributed by atoms with Gasteiger partial charge in [-0.25, -0.2) is 0 Å². The number of hydrogen-bond donors (Lipinski definition) is 0. The predicted molar refractivity (Wildman–Crippen MR) is 77.7 cm³/mol. The van der Waals surface area contributed by atoms with Gasteiger partial charge in [-0.15, -0.1) is 0 Å². The van der Waals surface area contributed by atoms with E-state index in [-0.39, 0.29) is 18.3 Å². The number of amides is 1. The van der Waals surface area contributed by atoms with Crippen LogP contribution in [-0.4, -0.2) is 56.1 Å². The van der Waals surface area contributed by atoms with Crippen molar-refractivity contribution in [3.63, 3.8) is 0 Å². The zero-order valence-electron chi connectivity index (χ0n) is 12.5. The Balaban J connectivity index is 1.60. The average molecular weight is 295 g/mol. The smallest absolute Gasteiger partial charge is 0.251 e. The molecular weight excluding hydrogens is 270 g/mol. The Morgan fingerprint density at radius 1 is 1.05 bits per heavy atom. The van der Waals surface area contributed by atoms with Gasteiger partial charge in [-0.3, -0.25) is 4.79 Å². The minimum absolute atomic E-state index is 0.112. The second-order valence-corrected chi connectivity index (χ2v) is 6.07. The van der Waals surface area contributed by atoms with Gasteiger partial charge in [0, 0.05) is 13.2 Å². The Morgan fingerprint density at radius 3 is 2.57 bits per heavy atom. The highest BCUT2D eigenvalue weighted by atomic mass is 16.7. The maximum absolute atomic E-state index is 12.7. The summed E-state index contributed by atoms with van der Waals surface area (Å²) in [5.74, 6) is 0.655. The highest BCUT2D eigenvalue weighted by Gasteiger charge is 2.32. The van der Waals surface area contributed by atoms with Crippen LogP contribution in [0.15, 0.2) is 12.2 Å². The van der Waals surface area contributed by atoms with Crippen LogP contribution in [0.2, 0.25) is 0 Å². The van der Waals surface area contributed by atoms with E-state index in [0.717, 1.165) is 38.6 Å². The van der Waals surface area contributed by atoms with Crippen LogP contribution < -0.4 is 0 Å². The zero-order chi connectivity index (χ0) is 14.5. The number of rotatable bonds is 5. The average Bonchev–Trinajstić information content (AvgIpc) is 3.20. The van der Waals surface area contributed by atoms with Crippen molar-refractivity contribution in [1.29, 1.82) is 0 Å². The van der Waals surface area contributed by atoms with E-state index >= 15 is 0 Å². The van der Waals surface area contributed by atoms with E-state index in [2.05, 4.69) is 12.2 Å². The number of nitrogens with zero attached hydrogens (tertiary/aromatic N) is 1. The molecule has 0 aromatic rings. The highest BCUT2D eigenvalue weighted by Crippen LogP contribution is 2.22. The molecule has 5 nitrogen and oxygen atoms in total. The van der Waals surface area contributed by atoms with Crippen molar-refractivity contribution in [1.82, 2.24) is 4.90 Å². The molecule has 1 amide bonds. The van der Waals surface area contributed by atoms with E-state index in [1.807, 2.05) is 4.90 Å². The molecule has 2 heterocycles. The summed E-state index contributed by atoms with van der Waals surface area (Å²) in [5, 5.41) is 0. The molecule has 2 aliphatic heterocycles. The number of ether oxygens (including phenoxy) is 3. The molecule has 0 aromatic heterocycles. The van der Waals surface area contributed by atoms with Crippen molar-refractivity contribution in [3.05, 3.63) is 12.2 Å². The summed E-state index contributed by atoms with van der Waals surface area (Å²) in [4.78, 5) is 14.6. The van der Waals surface area contributed by atoms with Gasteiger partial charge in [0.2, 0.25) is 0 Å². The highest BCUT2D eigenvalue weighted by molar-refractivity contribution is 5.81. The molecule has 0 bridgehead atoms. The van der Waals surface area contributed by atoms with Crippen molar-refractivity contribution in [3.8, 4) is 0 Å². The van der Waals surface area contributed by atoms with E-state index in [9.17, 15) is 4.79 Å². The van der Waals surface area contributed by atoms with Crippen molar-refractivity contribution >= 4 is 5.91 Å². The van der Waals surface area contributed by atoms with E-state index in [1.165, 1.54) is 0 Å². The normalized spacial score (nSPS) is 29.9. The van der Waals surface area contributed by atoms with E-state index in [4.69, 9.17) is 14.2 Å². The molecule has 118 valence electrons. The Bertz CT molecular complexity index is 372. The lowest BCUT2D eigenvalue weighted by Gasteiger charge is -2.31. The Hall–Kier alpha value is -0.910. The first-order valence-electron chi connectivity index (χ1n) is 8.11. The Labute approximate surface area is 126 Å². The number of carbonyl (C=O) groups is 1. The standard InChI is InChI=1S/C16H25NO4/c18-16(14-7-4-8-19-14)17(12-15-20-9-10-21-15)11-13-5-2-1-3-6-13/h1-2,13-15H,3-12H2/t13-,14-/m0/s1. The van der Waals surface area contributed by atoms with Crippen LogP contribution in [0.1, 0.15) is 32.1 Å². The molecule has 1 aliphatic carbocycles. The summed E-state index contributed by atoms with van der Waals surface area (Å²) in [6, 6.07) is 0. The van der Waals surface area contributed by atoms with Crippen LogP contribution in [0.25, 0.3) is 0 Å². The van der Waals surface area contributed by atoms with Crippen molar-refractivity contribution in [2.75, 3.05) is 32.9 Å². The maximum atomic E-state index is 12.7. The molecule has 0 spiro atoms. The molecule has 0 saturated carbocycles. The van der Waals surface area contributed by atoms with Crippen LogP contribution >= 0.6 is 0 Å². The van der Waals surface area contributed by atoms with Crippen LogP contribution in [0.4, 0.5) is 0 Å². The first-order chi connectivity index (χ1) is 10.3. The third-order valence-electron chi connectivity index (χ3n) is 4.43. The molecule has 2 saturated heterocycles. The van der Waals surface area contributed by atoms with Crippen molar-refractivity contribution in [2.45, 2.75) is 44.5 Å². The fraction of sp³-hybridized carbons (Fsp3) is 0.812. The summed E-state index contributed by atoms with van der Waals surface area (Å²) in [6.45, 7) is 3.26. The molecule has 0 N–H and O–H groups in total. The Morgan fingerprint density at radius 2 is 1.90 bits per heavy atom. The summed E-state index contributed by atoms with van der Waals surface area (Å²) in [7, 11) is 0. The fourth-order valence-corrected chi connectivity index (χ4v) is 3.26. The van der Waals surface area contributed by atoms with Gasteiger partial charge >= 0.3 is 0 Å². The van der Waals surface area contributed by atoms with Gasteiger partial charge in [0.05, 0.1) is 19.8 Å². The molecular formula is C16H25NO4. The molecule has 0 aromatic carbocycles. The monoisotopic (exact) mass is 295 g/mol. The summed E-state index contributed by atoms with van der Waals surface area (Å²) < 4.78 is 16.6. The first-order valence-corrected chi connectivity index (χ1v) is 8.11. The van der Waals surface area contributed by atoms with Crippen LogP contribution in [-0.2, 0) is 19.0 Å². The minimum atomic E-state index is -0.269. The lowest BCUT2D eigenvalue weighted by Crippen LogP contribution is -2.45. The van der Waals surface area contributed by atoms with Crippen LogP contribution in [0.3, 0.4) is 0 Å². The van der Waals surface area contributed by atoms with E-state index < -0.39 is 0 Å². The van der Waals surface area contributed by atoms with Crippen molar-refractivity contribution < 1.29 is 19.0 Å². The quantitative estimate of drug-likeness (QED) is 0.725. The molecule has 0 unspecified atom stereocenters. The van der Waals surface area contributed by atoms with Gasteiger partial charge < -0.3 is 19.1 Å². The Kier molecular flexibility index (Phi) is 5.27. The van der Waals surface area contributed by atoms with Gasteiger partial charge in [0.25, 0.3) is 5.91 Å². The lowest BCUT2D eigenvalue weighted by atomic mass is 9.93. The molecule has 2 atom stereocenters. The topological polar surface area (TPSA) is 48.0 Å².